The van der Waals surface area contributed by atoms with Gasteiger partial charge in [0, 0.05) is 17.5 Å². The number of hydrogen-bond acceptors (Lipinski definition) is 4. The van der Waals surface area contributed by atoms with Crippen molar-refractivity contribution in [3.63, 3.8) is 0 Å². The molecule has 5 heteroatoms. The van der Waals surface area contributed by atoms with Gasteiger partial charge in [-0.2, -0.15) is 0 Å². The summed E-state index contributed by atoms with van der Waals surface area (Å²) in [5.41, 5.74) is -0.380. The van der Waals surface area contributed by atoms with Crippen LogP contribution in [0.4, 0.5) is 0 Å². The molecule has 1 aromatic heterocycles. The molecule has 1 heterocycles. The van der Waals surface area contributed by atoms with Gasteiger partial charge in [0.1, 0.15) is 11.9 Å². The van der Waals surface area contributed by atoms with E-state index < -0.39 is 11.5 Å². The Hall–Kier alpha value is -1.59. The second kappa shape index (κ2) is 8.49. The van der Waals surface area contributed by atoms with E-state index in [4.69, 9.17) is 4.42 Å². The zero-order valence-electron chi connectivity index (χ0n) is 15.8. The highest BCUT2D eigenvalue weighted by atomic mass is 16.4. The summed E-state index contributed by atoms with van der Waals surface area (Å²) in [5.74, 6) is 0.370. The molecular formula is C19H32N2O3. The Morgan fingerprint density at radius 1 is 1.25 bits per heavy atom. The summed E-state index contributed by atoms with van der Waals surface area (Å²) in [6.45, 7) is 13.5. The minimum Gasteiger partial charge on any atom is -0.453 e. The van der Waals surface area contributed by atoms with Crippen LogP contribution in [0.3, 0.4) is 0 Å². The predicted molar refractivity (Wildman–Crippen MR) is 97.0 cm³/mol. The fraction of sp³-hybridized carbons (Fsp3) is 0.632. The van der Waals surface area contributed by atoms with Gasteiger partial charge in [0.2, 0.25) is 0 Å². The van der Waals surface area contributed by atoms with Crippen LogP contribution in [0.15, 0.2) is 28.7 Å². The van der Waals surface area contributed by atoms with Gasteiger partial charge in [0.05, 0.1) is 0 Å². The lowest BCUT2D eigenvalue weighted by Crippen LogP contribution is -2.37. The summed E-state index contributed by atoms with van der Waals surface area (Å²) in [5, 5.41) is 16.6. The third kappa shape index (κ3) is 6.49. The van der Waals surface area contributed by atoms with Crippen molar-refractivity contribution in [1.82, 2.24) is 10.6 Å². The number of aliphatic hydroxyl groups is 1. The Labute approximate surface area is 145 Å². The summed E-state index contributed by atoms with van der Waals surface area (Å²) in [4.78, 5) is 12.1. The van der Waals surface area contributed by atoms with Crippen LogP contribution in [0.1, 0.15) is 70.4 Å². The van der Waals surface area contributed by atoms with Crippen LogP contribution in [-0.4, -0.2) is 29.6 Å². The van der Waals surface area contributed by atoms with Gasteiger partial charge < -0.3 is 20.2 Å². The van der Waals surface area contributed by atoms with E-state index >= 15 is 0 Å². The summed E-state index contributed by atoms with van der Waals surface area (Å²) < 4.78 is 5.54. The van der Waals surface area contributed by atoms with E-state index in [1.165, 1.54) is 0 Å². The fourth-order valence-electron chi connectivity index (χ4n) is 2.35. The molecule has 0 aliphatic carbocycles. The molecule has 0 aromatic carbocycles. The van der Waals surface area contributed by atoms with Crippen LogP contribution < -0.4 is 10.6 Å². The summed E-state index contributed by atoms with van der Waals surface area (Å²) in [7, 11) is 0. The van der Waals surface area contributed by atoms with Gasteiger partial charge in [-0.1, -0.05) is 26.0 Å². The normalized spacial score (nSPS) is 14.1. The zero-order chi connectivity index (χ0) is 18.4. The molecule has 0 spiro atoms. The van der Waals surface area contributed by atoms with Gasteiger partial charge in [-0.05, 0) is 52.8 Å². The van der Waals surface area contributed by atoms with Crippen LogP contribution in [-0.2, 0) is 0 Å². The van der Waals surface area contributed by atoms with E-state index in [-0.39, 0.29) is 17.2 Å². The number of amides is 1. The van der Waals surface area contributed by atoms with Crippen molar-refractivity contribution in [3.05, 3.63) is 35.8 Å². The van der Waals surface area contributed by atoms with Gasteiger partial charge in [-0.3, -0.25) is 4.79 Å². The monoisotopic (exact) mass is 336 g/mol. The van der Waals surface area contributed by atoms with Crippen LogP contribution in [0.2, 0.25) is 0 Å². The highest BCUT2D eigenvalue weighted by Gasteiger charge is 2.29. The smallest absolute Gasteiger partial charge is 0.286 e. The van der Waals surface area contributed by atoms with E-state index in [9.17, 15) is 9.90 Å². The van der Waals surface area contributed by atoms with Crippen LogP contribution in [0.5, 0.6) is 0 Å². The van der Waals surface area contributed by atoms with Crippen molar-refractivity contribution < 1.29 is 14.3 Å². The van der Waals surface area contributed by atoms with E-state index in [1.54, 1.807) is 12.1 Å². The van der Waals surface area contributed by atoms with Gasteiger partial charge in [0.25, 0.3) is 5.91 Å². The topological polar surface area (TPSA) is 74.5 Å². The number of hydrogen-bond donors (Lipinski definition) is 3. The van der Waals surface area contributed by atoms with E-state index in [0.29, 0.717) is 12.3 Å². The predicted octanol–water partition coefficient (Wildman–Crippen LogP) is 3.42. The van der Waals surface area contributed by atoms with Gasteiger partial charge in [-0.15, -0.1) is 0 Å². The summed E-state index contributed by atoms with van der Waals surface area (Å²) >= 11 is 0. The number of carbonyl (C=O) groups is 1. The fourth-order valence-corrected chi connectivity index (χ4v) is 2.35. The number of rotatable bonds is 8. The molecule has 0 saturated carbocycles. The molecule has 0 aliphatic rings. The average Bonchev–Trinajstić information content (AvgIpc) is 2.94. The first kappa shape index (κ1) is 20.5. The van der Waals surface area contributed by atoms with E-state index in [1.807, 2.05) is 32.9 Å². The van der Waals surface area contributed by atoms with Crippen molar-refractivity contribution in [2.24, 2.45) is 5.41 Å². The molecule has 1 amide bonds. The van der Waals surface area contributed by atoms with Crippen LogP contribution in [0.25, 0.3) is 0 Å². The van der Waals surface area contributed by atoms with Gasteiger partial charge in [0.15, 0.2) is 5.76 Å². The highest BCUT2D eigenvalue weighted by Crippen LogP contribution is 2.35. The Kier molecular flexibility index (Phi) is 7.24. The minimum absolute atomic E-state index is 0.0792. The van der Waals surface area contributed by atoms with Crippen molar-refractivity contribution in [2.45, 2.75) is 59.6 Å². The number of aliphatic hydroxyl groups excluding tert-OH is 1. The molecule has 1 unspecified atom stereocenters. The Morgan fingerprint density at radius 2 is 1.92 bits per heavy atom. The van der Waals surface area contributed by atoms with Crippen LogP contribution in [0, 0.1) is 5.41 Å². The minimum atomic E-state index is -0.800. The average molecular weight is 336 g/mol. The number of nitrogens with one attached hydrogen (secondary N) is 2. The first-order chi connectivity index (χ1) is 11.1. The maximum atomic E-state index is 12.1. The quantitative estimate of drug-likeness (QED) is 0.502. The molecule has 1 aromatic rings. The second-order valence-corrected chi connectivity index (χ2v) is 7.71. The van der Waals surface area contributed by atoms with E-state index in [2.05, 4.69) is 31.4 Å². The molecule has 1 atom stereocenters. The molecule has 0 fully saturated rings. The summed E-state index contributed by atoms with van der Waals surface area (Å²) in [6, 6.07) is 3.26. The van der Waals surface area contributed by atoms with Gasteiger partial charge in [-0.25, -0.2) is 0 Å². The lowest BCUT2D eigenvalue weighted by Gasteiger charge is -2.25. The highest BCUT2D eigenvalue weighted by molar-refractivity contribution is 5.91. The molecule has 5 nitrogen and oxygen atoms in total. The van der Waals surface area contributed by atoms with Crippen molar-refractivity contribution in [2.75, 3.05) is 13.1 Å². The Bertz CT molecular complexity index is 553. The molecule has 0 bridgehead atoms. The Morgan fingerprint density at radius 3 is 2.50 bits per heavy atom. The van der Waals surface area contributed by atoms with Crippen molar-refractivity contribution in [3.8, 4) is 0 Å². The van der Waals surface area contributed by atoms with Crippen LogP contribution >= 0.6 is 0 Å². The van der Waals surface area contributed by atoms with E-state index in [0.717, 1.165) is 13.0 Å². The molecule has 1 rings (SSSR count). The van der Waals surface area contributed by atoms with Crippen molar-refractivity contribution in [1.29, 1.82) is 0 Å². The maximum absolute atomic E-state index is 12.1. The molecule has 0 aliphatic heterocycles. The zero-order valence-corrected chi connectivity index (χ0v) is 15.8. The SMILES string of the molecule is CC=CC(C)(C)C(O)c1ccc(C(=O)NCCCNC(C)(C)C)o1. The summed E-state index contributed by atoms with van der Waals surface area (Å²) in [6.07, 6.45) is 3.85. The third-order valence-corrected chi connectivity index (χ3v) is 3.72. The molecule has 136 valence electrons. The Balaban J connectivity index is 2.52. The first-order valence-corrected chi connectivity index (χ1v) is 8.52. The number of furan rings is 1. The molecule has 0 radical (unpaired) electrons. The lowest BCUT2D eigenvalue weighted by atomic mass is 9.85. The molecule has 24 heavy (non-hydrogen) atoms. The molecular weight excluding hydrogens is 304 g/mol. The largest absolute Gasteiger partial charge is 0.453 e. The van der Waals surface area contributed by atoms with Crippen molar-refractivity contribution >= 4 is 5.91 Å². The second-order valence-electron chi connectivity index (χ2n) is 7.71. The first-order valence-electron chi connectivity index (χ1n) is 8.52. The standard InChI is InChI=1S/C19H32N2O3/c1-7-11-19(5,6)16(22)14-9-10-15(24-14)17(23)20-12-8-13-21-18(2,3)4/h7,9-11,16,21-22H,8,12-13H2,1-6H3,(H,20,23). The molecule has 0 saturated heterocycles. The number of carbonyl (C=O) groups excluding carboxylic acids is 1. The number of allylic oxidation sites excluding steroid dienone is 1. The lowest BCUT2D eigenvalue weighted by molar-refractivity contribution is 0.0590. The van der Waals surface area contributed by atoms with Gasteiger partial charge >= 0.3 is 0 Å². The molecule has 3 N–H and O–H groups in total. The third-order valence-electron chi connectivity index (χ3n) is 3.72. The maximum Gasteiger partial charge on any atom is 0.286 e.